The van der Waals surface area contributed by atoms with Gasteiger partial charge in [-0.2, -0.15) is 10.2 Å². The Bertz CT molecular complexity index is 1680. The molecule has 5 heterocycles. The number of hydrogen-bond donors (Lipinski definition) is 2. The van der Waals surface area contributed by atoms with Gasteiger partial charge in [-0.05, 0) is 23.3 Å². The van der Waals surface area contributed by atoms with Crippen LogP contribution in [0.25, 0.3) is 21.3 Å². The van der Waals surface area contributed by atoms with Gasteiger partial charge in [-0.1, -0.05) is 12.1 Å². The summed E-state index contributed by atoms with van der Waals surface area (Å²) in [5, 5.41) is 13.0. The third kappa shape index (κ3) is 2.94. The molecule has 1 aliphatic rings. The van der Waals surface area contributed by atoms with E-state index in [4.69, 9.17) is 4.98 Å². The molecule has 12 heteroatoms. The number of aromatic nitrogens is 6. The van der Waals surface area contributed by atoms with Gasteiger partial charge in [0.15, 0.2) is 5.65 Å². The molecule has 0 bridgehead atoms. The van der Waals surface area contributed by atoms with Crippen molar-refractivity contribution in [1.29, 1.82) is 0 Å². The molecule has 0 atom stereocenters. The van der Waals surface area contributed by atoms with Crippen LogP contribution in [0.4, 0.5) is 5.69 Å². The van der Waals surface area contributed by atoms with Crippen molar-refractivity contribution >= 4 is 48.3 Å². The van der Waals surface area contributed by atoms with Gasteiger partial charge < -0.3 is 4.57 Å². The van der Waals surface area contributed by atoms with Crippen molar-refractivity contribution < 1.29 is 8.42 Å². The minimum atomic E-state index is -3.38. The molecule has 0 radical (unpaired) electrons. The number of aryl methyl sites for hydroxylation is 1. The Morgan fingerprint density at radius 1 is 1.25 bits per heavy atom. The van der Waals surface area contributed by atoms with Crippen LogP contribution in [0.1, 0.15) is 21.8 Å². The number of nitrogens with one attached hydrogen (secondary N) is 2. The van der Waals surface area contributed by atoms with Crippen LogP contribution in [0.3, 0.4) is 0 Å². The number of sulfonamides is 1. The summed E-state index contributed by atoms with van der Waals surface area (Å²) in [6, 6.07) is 7.23. The zero-order valence-electron chi connectivity index (χ0n) is 16.9. The molecule has 32 heavy (non-hydrogen) atoms. The Morgan fingerprint density at radius 2 is 2.12 bits per heavy atom. The summed E-state index contributed by atoms with van der Waals surface area (Å²) >= 11 is 1.54. The number of fused-ring (bicyclic) bond motifs is 4. The molecule has 0 spiro atoms. The molecule has 1 aliphatic heterocycles. The predicted molar refractivity (Wildman–Crippen MR) is 121 cm³/mol. The van der Waals surface area contributed by atoms with Crippen molar-refractivity contribution in [3.63, 3.8) is 0 Å². The van der Waals surface area contributed by atoms with Gasteiger partial charge >= 0.3 is 0 Å². The van der Waals surface area contributed by atoms with E-state index in [2.05, 4.69) is 20.0 Å². The molecule has 4 aromatic heterocycles. The monoisotopic (exact) mass is 467 g/mol. The van der Waals surface area contributed by atoms with Gasteiger partial charge in [0.25, 0.3) is 5.56 Å². The predicted octanol–water partition coefficient (Wildman–Crippen LogP) is 1.96. The number of hydrogen-bond acceptors (Lipinski definition) is 7. The summed E-state index contributed by atoms with van der Waals surface area (Å²) in [6.07, 6.45) is 4.04. The van der Waals surface area contributed by atoms with Gasteiger partial charge in [0.1, 0.15) is 10.5 Å². The van der Waals surface area contributed by atoms with Gasteiger partial charge in [-0.3, -0.25) is 14.6 Å². The zero-order valence-corrected chi connectivity index (χ0v) is 18.5. The van der Waals surface area contributed by atoms with Crippen molar-refractivity contribution in [3.05, 3.63) is 68.8 Å². The lowest BCUT2D eigenvalue weighted by atomic mass is 10.1. The molecular formula is C20H17N7O3S2. The van der Waals surface area contributed by atoms with Crippen LogP contribution in [0.5, 0.6) is 0 Å². The molecule has 5 aromatic rings. The maximum Gasteiger partial charge on any atom is 0.291 e. The van der Waals surface area contributed by atoms with Gasteiger partial charge in [0.2, 0.25) is 10.0 Å². The lowest BCUT2D eigenvalue weighted by Gasteiger charge is -2.09. The average Bonchev–Trinajstić information content (AvgIpc) is 3.50. The number of thiazole rings is 1. The summed E-state index contributed by atoms with van der Waals surface area (Å²) in [4.78, 5) is 18.0. The third-order valence-electron chi connectivity index (χ3n) is 5.66. The van der Waals surface area contributed by atoms with E-state index in [1.165, 1.54) is 16.0 Å². The van der Waals surface area contributed by atoms with E-state index >= 15 is 0 Å². The van der Waals surface area contributed by atoms with Crippen LogP contribution in [0, 0.1) is 0 Å². The fourth-order valence-electron chi connectivity index (χ4n) is 4.17. The van der Waals surface area contributed by atoms with Gasteiger partial charge in [0, 0.05) is 30.7 Å². The second kappa shape index (κ2) is 6.74. The van der Waals surface area contributed by atoms with Gasteiger partial charge in [0.05, 0.1) is 28.9 Å². The fraction of sp³-hybridized carbons (Fsp3) is 0.200. The Morgan fingerprint density at radius 3 is 2.94 bits per heavy atom. The first-order valence-electron chi connectivity index (χ1n) is 9.83. The Hall–Kier alpha value is -3.51. The molecular weight excluding hydrogens is 450 g/mol. The zero-order chi connectivity index (χ0) is 22.0. The maximum atomic E-state index is 13.3. The van der Waals surface area contributed by atoms with E-state index in [9.17, 15) is 13.2 Å². The summed E-state index contributed by atoms with van der Waals surface area (Å²) in [7, 11) is -1.55. The second-order valence-electron chi connectivity index (χ2n) is 7.75. The molecule has 2 N–H and O–H groups in total. The van der Waals surface area contributed by atoms with E-state index in [1.807, 2.05) is 19.2 Å². The summed E-state index contributed by atoms with van der Waals surface area (Å²) < 4.78 is 30.6. The Kier molecular flexibility index (Phi) is 4.04. The highest BCUT2D eigenvalue weighted by atomic mass is 32.2. The summed E-state index contributed by atoms with van der Waals surface area (Å²) in [5.41, 5.74) is 4.00. The number of rotatable bonds is 4. The standard InChI is InChI=1S/C20H17N7O3S2/c1-26-17-13(18-19(26)23-16(31-18)7-12-5-6-21-24-12)8-22-27(20(17)28)9-11-3-2-4-15-14(11)10-32(29,30)25-15/h2-6,8,25H,7,9-10H2,1H3,(H,21,24). The number of aromatic amines is 1. The lowest BCUT2D eigenvalue weighted by molar-refractivity contribution is 0.602. The maximum absolute atomic E-state index is 13.3. The molecule has 0 saturated carbocycles. The van der Waals surface area contributed by atoms with E-state index in [0.717, 1.165) is 32.0 Å². The molecule has 10 nitrogen and oxygen atoms in total. The van der Waals surface area contributed by atoms with Crippen molar-refractivity contribution in [3.8, 4) is 0 Å². The van der Waals surface area contributed by atoms with E-state index in [1.54, 1.807) is 29.1 Å². The number of nitrogens with zero attached hydrogens (tertiary/aromatic N) is 5. The minimum absolute atomic E-state index is 0.0988. The van der Waals surface area contributed by atoms with Crippen molar-refractivity contribution in [1.82, 2.24) is 29.5 Å². The average molecular weight is 468 g/mol. The summed E-state index contributed by atoms with van der Waals surface area (Å²) in [5.74, 6) is -0.0988. The first kappa shape index (κ1) is 19.2. The highest BCUT2D eigenvalue weighted by Gasteiger charge is 2.26. The first-order valence-corrected chi connectivity index (χ1v) is 12.3. The minimum Gasteiger partial charge on any atom is -0.323 e. The number of anilines is 1. The van der Waals surface area contributed by atoms with Crippen molar-refractivity contribution in [2.75, 3.05) is 4.72 Å². The van der Waals surface area contributed by atoms with E-state index < -0.39 is 10.0 Å². The van der Waals surface area contributed by atoms with Crippen LogP contribution in [0.15, 0.2) is 41.5 Å². The SMILES string of the molecule is Cn1c2nc(Cc3ccn[nH]3)sc2c2cnn(Cc3cccc4c3CS(=O)(=O)N4)c(=O)c21. The lowest BCUT2D eigenvalue weighted by Crippen LogP contribution is -2.25. The van der Waals surface area contributed by atoms with Crippen LogP contribution in [0.2, 0.25) is 0 Å². The largest absolute Gasteiger partial charge is 0.323 e. The molecule has 6 rings (SSSR count). The molecule has 0 aliphatic carbocycles. The number of H-pyrrole nitrogens is 1. The van der Waals surface area contributed by atoms with Crippen LogP contribution >= 0.6 is 11.3 Å². The quantitative estimate of drug-likeness (QED) is 0.416. The van der Waals surface area contributed by atoms with E-state index in [0.29, 0.717) is 23.2 Å². The van der Waals surface area contributed by atoms with Crippen LogP contribution in [-0.2, 0) is 35.8 Å². The molecule has 0 fully saturated rings. The van der Waals surface area contributed by atoms with Crippen LogP contribution < -0.4 is 10.3 Å². The van der Waals surface area contributed by atoms with Crippen LogP contribution in [-0.4, -0.2) is 37.9 Å². The Labute approximate surface area is 185 Å². The molecule has 0 unspecified atom stereocenters. The van der Waals surface area contributed by atoms with Gasteiger partial charge in [-0.25, -0.2) is 18.1 Å². The highest BCUT2D eigenvalue weighted by Crippen LogP contribution is 2.32. The Balaban J connectivity index is 1.42. The highest BCUT2D eigenvalue weighted by molar-refractivity contribution is 7.92. The van der Waals surface area contributed by atoms with Crippen molar-refractivity contribution in [2.45, 2.75) is 18.7 Å². The fourth-order valence-corrected chi connectivity index (χ4v) is 6.62. The molecule has 0 saturated heterocycles. The smallest absolute Gasteiger partial charge is 0.291 e. The topological polar surface area (TPSA) is 128 Å². The first-order chi connectivity index (χ1) is 15.4. The third-order valence-corrected chi connectivity index (χ3v) is 7.94. The normalized spacial score (nSPS) is 14.8. The molecule has 1 aromatic carbocycles. The second-order valence-corrected chi connectivity index (χ2v) is 10.6. The summed E-state index contributed by atoms with van der Waals surface area (Å²) in [6.45, 7) is 0.187. The molecule has 162 valence electrons. The molecule has 0 amide bonds. The van der Waals surface area contributed by atoms with E-state index in [-0.39, 0.29) is 17.9 Å². The van der Waals surface area contributed by atoms with Crippen molar-refractivity contribution in [2.24, 2.45) is 7.05 Å². The van der Waals surface area contributed by atoms with Gasteiger partial charge in [-0.15, -0.1) is 11.3 Å². The number of benzene rings is 1.